The van der Waals surface area contributed by atoms with E-state index in [1.165, 1.54) is 0 Å². The summed E-state index contributed by atoms with van der Waals surface area (Å²) in [6.07, 6.45) is 0.973. The quantitative estimate of drug-likeness (QED) is 0.823. The van der Waals surface area contributed by atoms with Crippen LogP contribution in [-0.2, 0) is 4.79 Å². The van der Waals surface area contributed by atoms with Gasteiger partial charge in [0.1, 0.15) is 0 Å². The average molecular weight is 343 g/mol. The van der Waals surface area contributed by atoms with Gasteiger partial charge in [-0.25, -0.2) is 0 Å². The number of rotatable bonds is 5. The van der Waals surface area contributed by atoms with E-state index in [1.807, 2.05) is 54.3 Å². The molecule has 0 unspecified atom stereocenters. The summed E-state index contributed by atoms with van der Waals surface area (Å²) in [4.78, 5) is 15.7. The molecule has 0 aliphatic carbocycles. The Hall–Kier alpha value is -2.14. The third-order valence-electron chi connectivity index (χ3n) is 3.74. The zero-order valence-electron chi connectivity index (χ0n) is 13.7. The molecule has 3 rings (SSSR count). The van der Waals surface area contributed by atoms with Gasteiger partial charge in [0.15, 0.2) is 18.1 Å². The minimum atomic E-state index is -0.0312. The molecular weight excluding hydrogens is 322 g/mol. The molecule has 2 aromatic carbocycles. The van der Waals surface area contributed by atoms with Gasteiger partial charge in [-0.05, 0) is 43.4 Å². The van der Waals surface area contributed by atoms with Crippen molar-refractivity contribution in [3.05, 3.63) is 48.5 Å². The second-order valence-electron chi connectivity index (χ2n) is 5.38. The maximum absolute atomic E-state index is 12.7. The third-order valence-corrected chi connectivity index (χ3v) is 4.89. The molecule has 0 aromatic heterocycles. The van der Waals surface area contributed by atoms with Crippen molar-refractivity contribution in [2.24, 2.45) is 0 Å². The second kappa shape index (κ2) is 8.11. The van der Waals surface area contributed by atoms with Crippen LogP contribution in [0.1, 0.15) is 13.3 Å². The molecule has 126 valence electrons. The van der Waals surface area contributed by atoms with Gasteiger partial charge in [-0.2, -0.15) is 0 Å². The number of para-hydroxylation sites is 3. The van der Waals surface area contributed by atoms with Crippen LogP contribution >= 0.6 is 11.8 Å². The Labute approximate surface area is 146 Å². The lowest BCUT2D eigenvalue weighted by Gasteiger charge is -2.22. The number of ether oxygens (including phenoxy) is 2. The molecule has 1 heterocycles. The fourth-order valence-electron chi connectivity index (χ4n) is 2.65. The Bertz CT molecular complexity index is 705. The van der Waals surface area contributed by atoms with E-state index in [1.54, 1.807) is 11.8 Å². The first-order valence-electron chi connectivity index (χ1n) is 8.16. The lowest BCUT2D eigenvalue weighted by molar-refractivity contribution is -0.120. The van der Waals surface area contributed by atoms with E-state index < -0.39 is 0 Å². The Morgan fingerprint density at radius 3 is 2.58 bits per heavy atom. The summed E-state index contributed by atoms with van der Waals surface area (Å²) in [7, 11) is 0. The number of hydrogen-bond acceptors (Lipinski definition) is 4. The minimum Gasteiger partial charge on any atom is -0.490 e. The van der Waals surface area contributed by atoms with Gasteiger partial charge in [0.05, 0.1) is 12.3 Å². The first-order valence-corrected chi connectivity index (χ1v) is 9.15. The fraction of sp³-hybridized carbons (Fsp3) is 0.316. The van der Waals surface area contributed by atoms with Gasteiger partial charge < -0.3 is 14.4 Å². The highest BCUT2D eigenvalue weighted by molar-refractivity contribution is 7.99. The zero-order valence-corrected chi connectivity index (χ0v) is 14.6. The largest absolute Gasteiger partial charge is 0.490 e. The van der Waals surface area contributed by atoms with Crippen LogP contribution in [0.25, 0.3) is 0 Å². The first-order chi connectivity index (χ1) is 11.8. The maximum atomic E-state index is 12.7. The van der Waals surface area contributed by atoms with E-state index in [0.717, 1.165) is 29.3 Å². The molecule has 0 fully saturated rings. The van der Waals surface area contributed by atoms with Crippen LogP contribution in [0.15, 0.2) is 53.4 Å². The molecule has 0 bridgehead atoms. The fourth-order valence-corrected chi connectivity index (χ4v) is 3.64. The molecule has 1 aliphatic rings. The van der Waals surface area contributed by atoms with Crippen LogP contribution in [0.5, 0.6) is 11.5 Å². The van der Waals surface area contributed by atoms with Crippen LogP contribution in [0, 0.1) is 0 Å². The van der Waals surface area contributed by atoms with Crippen molar-refractivity contribution >= 4 is 23.4 Å². The van der Waals surface area contributed by atoms with Gasteiger partial charge in [0.2, 0.25) is 0 Å². The number of anilines is 1. The summed E-state index contributed by atoms with van der Waals surface area (Å²) < 4.78 is 11.3. The Balaban J connectivity index is 1.72. The van der Waals surface area contributed by atoms with Crippen molar-refractivity contribution in [3.63, 3.8) is 0 Å². The first kappa shape index (κ1) is 16.7. The lowest BCUT2D eigenvalue weighted by atomic mass is 10.2. The molecule has 0 saturated heterocycles. The van der Waals surface area contributed by atoms with E-state index >= 15 is 0 Å². The predicted octanol–water partition coefficient (Wildman–Crippen LogP) is 3.99. The Morgan fingerprint density at radius 1 is 1.08 bits per heavy atom. The highest BCUT2D eigenvalue weighted by Gasteiger charge is 2.21. The van der Waals surface area contributed by atoms with Crippen LogP contribution in [0.2, 0.25) is 0 Å². The van der Waals surface area contributed by atoms with Gasteiger partial charge in [-0.3, -0.25) is 4.79 Å². The summed E-state index contributed by atoms with van der Waals surface area (Å²) in [6.45, 7) is 3.21. The normalized spacial score (nSPS) is 13.8. The number of hydrogen-bond donors (Lipinski definition) is 0. The van der Waals surface area contributed by atoms with Crippen molar-refractivity contribution < 1.29 is 14.3 Å². The molecule has 4 nitrogen and oxygen atoms in total. The molecule has 0 atom stereocenters. The zero-order chi connectivity index (χ0) is 16.8. The smallest absolute Gasteiger partial charge is 0.264 e. The summed E-state index contributed by atoms with van der Waals surface area (Å²) in [5.41, 5.74) is 0.978. The number of fused-ring (bicyclic) bond motifs is 1. The van der Waals surface area contributed by atoms with E-state index in [4.69, 9.17) is 9.47 Å². The van der Waals surface area contributed by atoms with Gasteiger partial charge in [0, 0.05) is 11.4 Å². The SMILES string of the molecule is CCOc1ccccc1OCC(=O)N1CCCSc2ccccc21. The summed E-state index contributed by atoms with van der Waals surface area (Å²) in [5.74, 6) is 2.26. The highest BCUT2D eigenvalue weighted by atomic mass is 32.2. The molecule has 0 saturated carbocycles. The number of carbonyl (C=O) groups is 1. The predicted molar refractivity (Wildman–Crippen MR) is 97.2 cm³/mol. The Morgan fingerprint density at radius 2 is 1.79 bits per heavy atom. The van der Waals surface area contributed by atoms with Crippen LogP contribution in [0.3, 0.4) is 0 Å². The van der Waals surface area contributed by atoms with Crippen molar-refractivity contribution in [2.45, 2.75) is 18.2 Å². The molecule has 1 aliphatic heterocycles. The minimum absolute atomic E-state index is 0.00306. The lowest BCUT2D eigenvalue weighted by Crippen LogP contribution is -2.35. The molecule has 0 N–H and O–H groups in total. The topological polar surface area (TPSA) is 38.8 Å². The monoisotopic (exact) mass is 343 g/mol. The van der Waals surface area contributed by atoms with E-state index in [0.29, 0.717) is 18.1 Å². The number of benzene rings is 2. The molecule has 24 heavy (non-hydrogen) atoms. The van der Waals surface area contributed by atoms with Crippen LogP contribution < -0.4 is 14.4 Å². The van der Waals surface area contributed by atoms with Crippen molar-refractivity contribution in [2.75, 3.05) is 30.4 Å². The second-order valence-corrected chi connectivity index (χ2v) is 6.52. The number of amides is 1. The van der Waals surface area contributed by atoms with Gasteiger partial charge in [0.25, 0.3) is 5.91 Å². The molecule has 5 heteroatoms. The van der Waals surface area contributed by atoms with E-state index in [2.05, 4.69) is 6.07 Å². The third kappa shape index (κ3) is 3.85. The molecule has 0 spiro atoms. The average Bonchev–Trinajstić information content (AvgIpc) is 2.83. The number of thioether (sulfide) groups is 1. The van der Waals surface area contributed by atoms with Crippen molar-refractivity contribution in [1.29, 1.82) is 0 Å². The number of nitrogens with zero attached hydrogens (tertiary/aromatic N) is 1. The maximum Gasteiger partial charge on any atom is 0.264 e. The van der Waals surface area contributed by atoms with Crippen molar-refractivity contribution in [3.8, 4) is 11.5 Å². The highest BCUT2D eigenvalue weighted by Crippen LogP contribution is 2.34. The molecule has 2 aromatic rings. The molecule has 1 amide bonds. The number of carbonyl (C=O) groups excluding carboxylic acids is 1. The molecule has 0 radical (unpaired) electrons. The van der Waals surface area contributed by atoms with Crippen LogP contribution in [-0.4, -0.2) is 31.4 Å². The van der Waals surface area contributed by atoms with Crippen LogP contribution in [0.4, 0.5) is 5.69 Å². The summed E-state index contributed by atoms with van der Waals surface area (Å²) in [5, 5.41) is 0. The molecular formula is C19H21NO3S. The van der Waals surface area contributed by atoms with E-state index in [-0.39, 0.29) is 12.5 Å². The summed E-state index contributed by atoms with van der Waals surface area (Å²) >= 11 is 1.80. The van der Waals surface area contributed by atoms with E-state index in [9.17, 15) is 4.79 Å². The van der Waals surface area contributed by atoms with Gasteiger partial charge >= 0.3 is 0 Å². The van der Waals surface area contributed by atoms with Crippen molar-refractivity contribution in [1.82, 2.24) is 0 Å². The standard InChI is InChI=1S/C19H21NO3S/c1-2-22-16-9-4-5-10-17(16)23-14-19(21)20-12-7-13-24-18-11-6-3-8-15(18)20/h3-6,8-11H,2,7,12-14H2,1H3. The van der Waals surface area contributed by atoms with Gasteiger partial charge in [-0.1, -0.05) is 24.3 Å². The van der Waals surface area contributed by atoms with Gasteiger partial charge in [-0.15, -0.1) is 11.8 Å². The Kier molecular flexibility index (Phi) is 5.64. The summed E-state index contributed by atoms with van der Waals surface area (Å²) in [6, 6.07) is 15.5.